The quantitative estimate of drug-likeness (QED) is 0.867. The van der Waals surface area contributed by atoms with Gasteiger partial charge in [-0.3, -0.25) is 0 Å². The molecule has 0 saturated heterocycles. The van der Waals surface area contributed by atoms with Crippen LogP contribution in [0.3, 0.4) is 0 Å². The van der Waals surface area contributed by atoms with Crippen LogP contribution in [-0.2, 0) is 12.2 Å². The Hall–Kier alpha value is -1.33. The van der Waals surface area contributed by atoms with Crippen LogP contribution in [0.25, 0.3) is 0 Å². The van der Waals surface area contributed by atoms with Gasteiger partial charge in [0.1, 0.15) is 0 Å². The van der Waals surface area contributed by atoms with E-state index in [0.717, 1.165) is 18.6 Å². The van der Waals surface area contributed by atoms with Gasteiger partial charge >= 0.3 is 0 Å². The van der Waals surface area contributed by atoms with Crippen molar-refractivity contribution in [2.24, 2.45) is 5.73 Å². The van der Waals surface area contributed by atoms with Gasteiger partial charge in [0, 0.05) is 0 Å². The molecule has 1 aromatic heterocycles. The van der Waals surface area contributed by atoms with Gasteiger partial charge in [0.25, 0.3) is 0 Å². The number of nitrogens with zero attached hydrogens (tertiary/aromatic N) is 2. The first-order valence-corrected chi connectivity index (χ1v) is 7.30. The lowest BCUT2D eigenvalue weighted by Gasteiger charge is -2.06. The summed E-state index contributed by atoms with van der Waals surface area (Å²) in [4.78, 5) is 4.29. The second-order valence-electron chi connectivity index (χ2n) is 4.11. The number of hydrogen-bond acceptors (Lipinski definition) is 5. The number of rotatable bonds is 6. The average Bonchev–Trinajstić information content (AvgIpc) is 2.86. The van der Waals surface area contributed by atoms with E-state index in [1.165, 1.54) is 5.56 Å². The summed E-state index contributed by atoms with van der Waals surface area (Å²) in [5, 5.41) is 3.90. The van der Waals surface area contributed by atoms with Crippen molar-refractivity contribution in [2.75, 3.05) is 6.26 Å². The van der Waals surface area contributed by atoms with Crippen molar-refractivity contribution in [1.29, 1.82) is 0 Å². The molecular weight excluding hydrogens is 246 g/mol. The highest BCUT2D eigenvalue weighted by Gasteiger charge is 2.14. The van der Waals surface area contributed by atoms with Crippen molar-refractivity contribution in [3.8, 4) is 0 Å². The van der Waals surface area contributed by atoms with E-state index in [2.05, 4.69) is 22.3 Å². The van der Waals surface area contributed by atoms with E-state index in [-0.39, 0.29) is 6.04 Å². The zero-order valence-corrected chi connectivity index (χ0v) is 11.2. The Morgan fingerprint density at radius 2 is 2.11 bits per heavy atom. The standard InChI is InChI=1S/C13H17N3OS/c1-18-9-12-15-13(17-16-12)11(14)8-7-10-5-3-2-4-6-10/h2-6,11H,7-9,14H2,1H3. The molecule has 4 nitrogen and oxygen atoms in total. The number of aryl methyl sites for hydroxylation is 1. The number of nitrogens with two attached hydrogens (primary N) is 1. The van der Waals surface area contributed by atoms with Crippen LogP contribution in [0.4, 0.5) is 0 Å². The Morgan fingerprint density at radius 3 is 2.83 bits per heavy atom. The van der Waals surface area contributed by atoms with Crippen LogP contribution < -0.4 is 5.73 Å². The van der Waals surface area contributed by atoms with Crippen LogP contribution in [0.2, 0.25) is 0 Å². The molecule has 0 bridgehead atoms. The smallest absolute Gasteiger partial charge is 0.243 e. The summed E-state index contributed by atoms with van der Waals surface area (Å²) in [6.45, 7) is 0. The van der Waals surface area contributed by atoms with E-state index in [1.807, 2.05) is 24.5 Å². The second kappa shape index (κ2) is 6.56. The van der Waals surface area contributed by atoms with Gasteiger partial charge < -0.3 is 10.3 Å². The fraction of sp³-hybridized carbons (Fsp3) is 0.385. The second-order valence-corrected chi connectivity index (χ2v) is 4.98. The van der Waals surface area contributed by atoms with Crippen molar-refractivity contribution in [1.82, 2.24) is 10.1 Å². The van der Waals surface area contributed by atoms with E-state index in [1.54, 1.807) is 11.8 Å². The Bertz CT molecular complexity index is 472. The summed E-state index contributed by atoms with van der Waals surface area (Å²) < 4.78 is 5.17. The predicted octanol–water partition coefficient (Wildman–Crippen LogP) is 2.57. The minimum atomic E-state index is -0.187. The van der Waals surface area contributed by atoms with Crippen molar-refractivity contribution in [3.05, 3.63) is 47.6 Å². The van der Waals surface area contributed by atoms with Crippen LogP contribution in [-0.4, -0.2) is 16.4 Å². The lowest BCUT2D eigenvalue weighted by molar-refractivity contribution is 0.346. The topological polar surface area (TPSA) is 64.9 Å². The molecule has 1 heterocycles. The summed E-state index contributed by atoms with van der Waals surface area (Å²) in [6, 6.07) is 10.1. The van der Waals surface area contributed by atoms with Crippen molar-refractivity contribution >= 4 is 11.8 Å². The van der Waals surface area contributed by atoms with Crippen LogP contribution in [0, 0.1) is 0 Å². The molecule has 96 valence electrons. The minimum absolute atomic E-state index is 0.187. The van der Waals surface area contributed by atoms with Gasteiger partial charge in [0.2, 0.25) is 5.89 Å². The fourth-order valence-corrected chi connectivity index (χ4v) is 2.07. The molecule has 18 heavy (non-hydrogen) atoms. The molecule has 1 atom stereocenters. The molecule has 2 N–H and O–H groups in total. The highest BCUT2D eigenvalue weighted by Crippen LogP contribution is 2.16. The Morgan fingerprint density at radius 1 is 1.33 bits per heavy atom. The van der Waals surface area contributed by atoms with E-state index in [9.17, 15) is 0 Å². The zero-order chi connectivity index (χ0) is 12.8. The van der Waals surface area contributed by atoms with Crippen LogP contribution >= 0.6 is 11.8 Å². The predicted molar refractivity (Wildman–Crippen MR) is 73.2 cm³/mol. The summed E-state index contributed by atoms with van der Waals surface area (Å²) in [5.74, 6) is 2.01. The molecule has 0 saturated carbocycles. The first-order chi connectivity index (χ1) is 8.79. The highest BCUT2D eigenvalue weighted by molar-refractivity contribution is 7.97. The van der Waals surface area contributed by atoms with E-state index in [0.29, 0.717) is 11.7 Å². The largest absolute Gasteiger partial charge is 0.338 e. The Labute approximate surface area is 111 Å². The van der Waals surface area contributed by atoms with Crippen LogP contribution in [0.15, 0.2) is 34.9 Å². The van der Waals surface area contributed by atoms with Gasteiger partial charge in [-0.15, -0.1) is 0 Å². The third kappa shape index (κ3) is 3.58. The van der Waals surface area contributed by atoms with Gasteiger partial charge in [0.15, 0.2) is 5.82 Å². The van der Waals surface area contributed by atoms with E-state index >= 15 is 0 Å². The number of benzene rings is 1. The first kappa shape index (κ1) is 13.1. The fourth-order valence-electron chi connectivity index (χ4n) is 1.70. The number of aromatic nitrogens is 2. The van der Waals surface area contributed by atoms with Gasteiger partial charge in [0.05, 0.1) is 11.8 Å². The maximum atomic E-state index is 6.05. The van der Waals surface area contributed by atoms with Crippen LogP contribution in [0.5, 0.6) is 0 Å². The summed E-state index contributed by atoms with van der Waals surface area (Å²) in [5.41, 5.74) is 7.32. The molecule has 1 aromatic carbocycles. The third-order valence-corrected chi connectivity index (χ3v) is 3.21. The maximum absolute atomic E-state index is 6.05. The SMILES string of the molecule is CSCc1noc(C(N)CCc2ccccc2)n1. The first-order valence-electron chi connectivity index (χ1n) is 5.90. The molecule has 0 radical (unpaired) electrons. The molecule has 0 amide bonds. The van der Waals surface area contributed by atoms with Gasteiger partial charge in [-0.2, -0.15) is 16.7 Å². The normalized spacial score (nSPS) is 12.6. The third-order valence-electron chi connectivity index (χ3n) is 2.66. The van der Waals surface area contributed by atoms with E-state index in [4.69, 9.17) is 10.3 Å². The van der Waals surface area contributed by atoms with Crippen molar-refractivity contribution in [3.63, 3.8) is 0 Å². The molecule has 5 heteroatoms. The molecular formula is C13H17N3OS. The molecule has 0 fully saturated rings. The molecule has 0 spiro atoms. The molecule has 0 aliphatic rings. The highest BCUT2D eigenvalue weighted by atomic mass is 32.2. The Balaban J connectivity index is 1.89. The van der Waals surface area contributed by atoms with Gasteiger partial charge in [-0.1, -0.05) is 35.5 Å². The number of thioether (sulfide) groups is 1. The van der Waals surface area contributed by atoms with Gasteiger partial charge in [-0.25, -0.2) is 0 Å². The van der Waals surface area contributed by atoms with E-state index < -0.39 is 0 Å². The molecule has 2 rings (SSSR count). The summed E-state index contributed by atoms with van der Waals surface area (Å²) >= 11 is 1.66. The lowest BCUT2D eigenvalue weighted by Crippen LogP contribution is -2.11. The van der Waals surface area contributed by atoms with Gasteiger partial charge in [-0.05, 0) is 24.7 Å². The Kier molecular flexibility index (Phi) is 4.78. The van der Waals surface area contributed by atoms with Crippen molar-refractivity contribution < 1.29 is 4.52 Å². The summed E-state index contributed by atoms with van der Waals surface area (Å²) in [7, 11) is 0. The molecule has 0 aliphatic carbocycles. The lowest BCUT2D eigenvalue weighted by atomic mass is 10.1. The molecule has 0 aliphatic heterocycles. The number of hydrogen-bond donors (Lipinski definition) is 1. The zero-order valence-electron chi connectivity index (χ0n) is 10.4. The van der Waals surface area contributed by atoms with Crippen molar-refractivity contribution in [2.45, 2.75) is 24.6 Å². The average molecular weight is 263 g/mol. The monoisotopic (exact) mass is 263 g/mol. The minimum Gasteiger partial charge on any atom is -0.338 e. The molecule has 1 unspecified atom stereocenters. The molecule has 2 aromatic rings. The van der Waals surface area contributed by atoms with Crippen LogP contribution in [0.1, 0.15) is 29.7 Å². The maximum Gasteiger partial charge on any atom is 0.243 e. The summed E-state index contributed by atoms with van der Waals surface area (Å²) in [6.07, 6.45) is 3.73.